The summed E-state index contributed by atoms with van der Waals surface area (Å²) in [7, 11) is 0. The van der Waals surface area contributed by atoms with Crippen LogP contribution in [0, 0.1) is 0 Å². The van der Waals surface area contributed by atoms with Crippen molar-refractivity contribution in [2.75, 3.05) is 24.5 Å². The van der Waals surface area contributed by atoms with Gasteiger partial charge in [-0.2, -0.15) is 0 Å². The second kappa shape index (κ2) is 5.55. The molecule has 1 fully saturated rings. The van der Waals surface area contributed by atoms with Gasteiger partial charge < -0.3 is 10.2 Å². The molecule has 2 rings (SSSR count). The number of nitrogens with zero attached hydrogens (tertiary/aromatic N) is 1. The van der Waals surface area contributed by atoms with Gasteiger partial charge in [-0.25, -0.2) is 0 Å². The lowest BCUT2D eigenvalue weighted by Crippen LogP contribution is -2.50. The Balaban J connectivity index is 2.07. The predicted molar refractivity (Wildman–Crippen MR) is 70.4 cm³/mol. The molecule has 0 aromatic heterocycles. The van der Waals surface area contributed by atoms with Gasteiger partial charge in [-0.3, -0.25) is 0 Å². The monoisotopic (exact) mass is 238 g/mol. The molecule has 1 saturated heterocycles. The second-order valence-electron chi connectivity index (χ2n) is 4.34. The minimum atomic E-state index is 0.607. The number of halogens is 1. The molecular formula is C13H19ClN2. The highest BCUT2D eigenvalue weighted by atomic mass is 35.5. The highest BCUT2D eigenvalue weighted by Crippen LogP contribution is 2.26. The lowest BCUT2D eigenvalue weighted by Gasteiger charge is -2.35. The zero-order valence-corrected chi connectivity index (χ0v) is 10.5. The van der Waals surface area contributed by atoms with E-state index in [1.165, 1.54) is 18.5 Å². The molecule has 0 aliphatic carbocycles. The molecule has 2 nitrogen and oxygen atoms in total. The first kappa shape index (κ1) is 11.7. The second-order valence-corrected chi connectivity index (χ2v) is 4.74. The van der Waals surface area contributed by atoms with Gasteiger partial charge in [0, 0.05) is 25.7 Å². The molecule has 1 unspecified atom stereocenters. The van der Waals surface area contributed by atoms with E-state index < -0.39 is 0 Å². The molecule has 16 heavy (non-hydrogen) atoms. The molecule has 1 aromatic carbocycles. The van der Waals surface area contributed by atoms with Crippen molar-refractivity contribution in [3.05, 3.63) is 29.3 Å². The van der Waals surface area contributed by atoms with Crippen molar-refractivity contribution in [3.63, 3.8) is 0 Å². The molecule has 88 valence electrons. The summed E-state index contributed by atoms with van der Waals surface area (Å²) >= 11 is 6.22. The molecule has 3 heteroatoms. The van der Waals surface area contributed by atoms with E-state index >= 15 is 0 Å². The largest absolute Gasteiger partial charge is 0.367 e. The maximum Gasteiger partial charge on any atom is 0.0639 e. The van der Waals surface area contributed by atoms with Crippen LogP contribution in [0.2, 0.25) is 5.02 Å². The minimum Gasteiger partial charge on any atom is -0.367 e. The first-order chi connectivity index (χ1) is 7.81. The lowest BCUT2D eigenvalue weighted by atomic mass is 10.1. The lowest BCUT2D eigenvalue weighted by molar-refractivity contribution is 0.431. The Kier molecular flexibility index (Phi) is 4.08. The summed E-state index contributed by atoms with van der Waals surface area (Å²) in [6, 6.07) is 8.72. The van der Waals surface area contributed by atoms with E-state index in [1.54, 1.807) is 0 Å². The van der Waals surface area contributed by atoms with Gasteiger partial charge >= 0.3 is 0 Å². The normalized spacial score (nSPS) is 21.1. The average Bonchev–Trinajstić information content (AvgIpc) is 2.30. The van der Waals surface area contributed by atoms with Gasteiger partial charge in [0.15, 0.2) is 0 Å². The maximum atomic E-state index is 6.22. The number of anilines is 1. The minimum absolute atomic E-state index is 0.607. The van der Waals surface area contributed by atoms with E-state index in [-0.39, 0.29) is 0 Å². The fourth-order valence-electron chi connectivity index (χ4n) is 2.29. The van der Waals surface area contributed by atoms with Crippen LogP contribution in [0.3, 0.4) is 0 Å². The third-order valence-electron chi connectivity index (χ3n) is 3.09. The number of para-hydroxylation sites is 1. The van der Waals surface area contributed by atoms with Gasteiger partial charge in [0.25, 0.3) is 0 Å². The topological polar surface area (TPSA) is 15.3 Å². The first-order valence-electron chi connectivity index (χ1n) is 6.04. The number of nitrogens with one attached hydrogen (secondary N) is 1. The summed E-state index contributed by atoms with van der Waals surface area (Å²) in [6.07, 6.45) is 2.47. The molecule has 1 aliphatic heterocycles. The Labute approximate surface area is 103 Å². The molecule has 1 N–H and O–H groups in total. The summed E-state index contributed by atoms with van der Waals surface area (Å²) in [5.74, 6) is 0. The third kappa shape index (κ3) is 2.69. The highest BCUT2D eigenvalue weighted by molar-refractivity contribution is 6.33. The van der Waals surface area contributed by atoms with E-state index in [4.69, 9.17) is 11.6 Å². The van der Waals surface area contributed by atoms with Crippen LogP contribution in [-0.2, 0) is 0 Å². The van der Waals surface area contributed by atoms with Crippen LogP contribution in [0.4, 0.5) is 5.69 Å². The summed E-state index contributed by atoms with van der Waals surface area (Å²) in [6.45, 7) is 5.40. The number of hydrogen-bond acceptors (Lipinski definition) is 2. The average molecular weight is 239 g/mol. The van der Waals surface area contributed by atoms with Crippen molar-refractivity contribution < 1.29 is 0 Å². The van der Waals surface area contributed by atoms with Crippen molar-refractivity contribution in [1.29, 1.82) is 0 Å². The van der Waals surface area contributed by atoms with Gasteiger partial charge in [0.2, 0.25) is 0 Å². The molecule has 1 aromatic rings. The standard InChI is InChI=1S/C13H19ClN2/c1-2-5-11-10-16(9-8-15-11)13-7-4-3-6-12(13)14/h3-4,6-7,11,15H,2,5,8-10H2,1H3. The van der Waals surface area contributed by atoms with Gasteiger partial charge in [0.1, 0.15) is 0 Å². The Morgan fingerprint density at radius 3 is 3.00 bits per heavy atom. The quantitative estimate of drug-likeness (QED) is 0.871. The molecule has 1 atom stereocenters. The number of rotatable bonds is 3. The Bertz CT molecular complexity index is 338. The van der Waals surface area contributed by atoms with E-state index in [1.807, 2.05) is 12.1 Å². The molecule has 0 radical (unpaired) electrons. The fourth-order valence-corrected chi connectivity index (χ4v) is 2.55. The molecule has 0 amide bonds. The van der Waals surface area contributed by atoms with Crippen molar-refractivity contribution in [3.8, 4) is 0 Å². The van der Waals surface area contributed by atoms with Crippen LogP contribution in [0.25, 0.3) is 0 Å². The van der Waals surface area contributed by atoms with Crippen LogP contribution in [0.5, 0.6) is 0 Å². The van der Waals surface area contributed by atoms with Gasteiger partial charge in [0.05, 0.1) is 10.7 Å². The van der Waals surface area contributed by atoms with Gasteiger partial charge in [-0.1, -0.05) is 37.1 Å². The van der Waals surface area contributed by atoms with Crippen LogP contribution < -0.4 is 10.2 Å². The molecule has 0 bridgehead atoms. The smallest absolute Gasteiger partial charge is 0.0639 e. The van der Waals surface area contributed by atoms with Crippen LogP contribution in [0.1, 0.15) is 19.8 Å². The zero-order chi connectivity index (χ0) is 11.4. The van der Waals surface area contributed by atoms with Crippen molar-refractivity contribution in [2.24, 2.45) is 0 Å². The van der Waals surface area contributed by atoms with E-state index in [2.05, 4.69) is 29.3 Å². The Morgan fingerprint density at radius 1 is 1.44 bits per heavy atom. The number of benzene rings is 1. The summed E-state index contributed by atoms with van der Waals surface area (Å²) in [5, 5.41) is 4.42. The highest BCUT2D eigenvalue weighted by Gasteiger charge is 2.19. The Morgan fingerprint density at radius 2 is 2.25 bits per heavy atom. The molecule has 1 heterocycles. The fraction of sp³-hybridized carbons (Fsp3) is 0.538. The Hall–Kier alpha value is -0.730. The number of piperazine rings is 1. The van der Waals surface area contributed by atoms with Crippen molar-refractivity contribution in [2.45, 2.75) is 25.8 Å². The molecule has 0 spiro atoms. The van der Waals surface area contributed by atoms with Crippen molar-refractivity contribution >= 4 is 17.3 Å². The summed E-state index contributed by atoms with van der Waals surface area (Å²) in [5.41, 5.74) is 1.17. The van der Waals surface area contributed by atoms with E-state index in [0.29, 0.717) is 6.04 Å². The van der Waals surface area contributed by atoms with E-state index in [9.17, 15) is 0 Å². The SMILES string of the molecule is CCCC1CN(c2ccccc2Cl)CCN1. The van der Waals surface area contributed by atoms with Crippen LogP contribution in [0.15, 0.2) is 24.3 Å². The third-order valence-corrected chi connectivity index (χ3v) is 3.41. The summed E-state index contributed by atoms with van der Waals surface area (Å²) < 4.78 is 0. The predicted octanol–water partition coefficient (Wildman–Crippen LogP) is 2.92. The molecule has 1 aliphatic rings. The summed E-state index contributed by atoms with van der Waals surface area (Å²) in [4.78, 5) is 2.39. The van der Waals surface area contributed by atoms with Crippen molar-refractivity contribution in [1.82, 2.24) is 5.32 Å². The van der Waals surface area contributed by atoms with Crippen LogP contribution in [-0.4, -0.2) is 25.7 Å². The molecular weight excluding hydrogens is 220 g/mol. The van der Waals surface area contributed by atoms with Gasteiger partial charge in [-0.05, 0) is 18.6 Å². The zero-order valence-electron chi connectivity index (χ0n) is 9.75. The van der Waals surface area contributed by atoms with E-state index in [0.717, 1.165) is 24.7 Å². The number of hydrogen-bond donors (Lipinski definition) is 1. The van der Waals surface area contributed by atoms with Gasteiger partial charge in [-0.15, -0.1) is 0 Å². The molecule has 0 saturated carbocycles. The first-order valence-corrected chi connectivity index (χ1v) is 6.42. The van der Waals surface area contributed by atoms with Crippen LogP contribution >= 0.6 is 11.6 Å². The maximum absolute atomic E-state index is 6.22.